The van der Waals surface area contributed by atoms with Gasteiger partial charge in [-0.2, -0.15) is 0 Å². The van der Waals surface area contributed by atoms with Gasteiger partial charge in [-0.15, -0.1) is 0 Å². The largest absolute Gasteiger partial charge is 0.508 e. The summed E-state index contributed by atoms with van der Waals surface area (Å²) < 4.78 is 21.7. The number of methoxy groups -OCH3 is 1. The quantitative estimate of drug-likeness (QED) is 0.241. The Bertz CT molecular complexity index is 1030. The van der Waals surface area contributed by atoms with Crippen molar-refractivity contribution < 1.29 is 49.3 Å². The van der Waals surface area contributed by atoms with Crippen LogP contribution in [0.1, 0.15) is 11.1 Å². The molecule has 4 rings (SSSR count). The van der Waals surface area contributed by atoms with Crippen LogP contribution in [0.3, 0.4) is 0 Å². The van der Waals surface area contributed by atoms with Crippen molar-refractivity contribution in [2.24, 2.45) is 0 Å². The predicted molar refractivity (Wildman–Crippen MR) is 109 cm³/mol. The summed E-state index contributed by atoms with van der Waals surface area (Å²) >= 11 is 0. The van der Waals surface area contributed by atoms with E-state index in [2.05, 4.69) is 0 Å². The standard InChI is InChI=1S/C22H22O10/c1-29-14-7-12(30-22-20(27)19(26)18(25)16(9-23)32-22)8-15-17(14)13(21(28)31-15)6-10-2-4-11(24)5-3-10/h2-8,16,18-20,22-27H,9H2,1H3/t16-,18-,19+,20-,22-/m1/s1. The zero-order valence-electron chi connectivity index (χ0n) is 16.9. The van der Waals surface area contributed by atoms with Gasteiger partial charge in [-0.3, -0.25) is 0 Å². The number of aromatic hydroxyl groups is 1. The van der Waals surface area contributed by atoms with Crippen LogP contribution in [-0.4, -0.2) is 75.9 Å². The van der Waals surface area contributed by atoms with Crippen molar-refractivity contribution in [2.45, 2.75) is 30.7 Å². The molecule has 0 spiro atoms. The normalized spacial score (nSPS) is 28.3. The van der Waals surface area contributed by atoms with Crippen molar-refractivity contribution in [3.8, 4) is 23.0 Å². The Balaban J connectivity index is 1.65. The second-order valence-electron chi connectivity index (χ2n) is 7.35. The summed E-state index contributed by atoms with van der Waals surface area (Å²) in [7, 11) is 1.40. The lowest BCUT2D eigenvalue weighted by atomic mass is 9.99. The molecular formula is C22H22O10. The summed E-state index contributed by atoms with van der Waals surface area (Å²) in [4.78, 5) is 12.5. The lowest BCUT2D eigenvalue weighted by Crippen LogP contribution is -2.60. The van der Waals surface area contributed by atoms with Crippen LogP contribution in [0.4, 0.5) is 0 Å². The zero-order valence-corrected chi connectivity index (χ0v) is 16.9. The Morgan fingerprint density at radius 3 is 2.44 bits per heavy atom. The van der Waals surface area contributed by atoms with Gasteiger partial charge < -0.3 is 44.5 Å². The van der Waals surface area contributed by atoms with Crippen molar-refractivity contribution in [2.75, 3.05) is 13.7 Å². The number of aliphatic hydroxyl groups is 4. The number of carbonyl (C=O) groups excluding carboxylic acids is 1. The molecule has 2 heterocycles. The minimum atomic E-state index is -1.60. The van der Waals surface area contributed by atoms with E-state index in [1.165, 1.54) is 31.4 Å². The minimum absolute atomic E-state index is 0.0918. The first kappa shape index (κ1) is 22.1. The van der Waals surface area contributed by atoms with Gasteiger partial charge in [0.1, 0.15) is 47.4 Å². The van der Waals surface area contributed by atoms with E-state index in [1.54, 1.807) is 18.2 Å². The average Bonchev–Trinajstić information content (AvgIpc) is 3.09. The smallest absolute Gasteiger partial charge is 0.344 e. The zero-order chi connectivity index (χ0) is 23.0. The molecule has 0 aliphatic carbocycles. The van der Waals surface area contributed by atoms with Crippen molar-refractivity contribution in [1.29, 1.82) is 0 Å². The molecule has 0 saturated carbocycles. The molecular weight excluding hydrogens is 424 g/mol. The average molecular weight is 446 g/mol. The molecule has 1 saturated heterocycles. The van der Waals surface area contributed by atoms with Gasteiger partial charge in [0.25, 0.3) is 0 Å². The molecule has 170 valence electrons. The van der Waals surface area contributed by atoms with Crippen molar-refractivity contribution >= 4 is 17.6 Å². The minimum Gasteiger partial charge on any atom is -0.508 e. The van der Waals surface area contributed by atoms with Crippen LogP contribution in [0.5, 0.6) is 23.0 Å². The van der Waals surface area contributed by atoms with Crippen LogP contribution >= 0.6 is 0 Å². The fourth-order valence-electron chi connectivity index (χ4n) is 3.56. The summed E-state index contributed by atoms with van der Waals surface area (Å²) in [5.74, 6) is -0.0222. The fourth-order valence-corrected chi connectivity index (χ4v) is 3.56. The third kappa shape index (κ3) is 4.01. The topological polar surface area (TPSA) is 155 Å². The summed E-state index contributed by atoms with van der Waals surface area (Å²) in [5.41, 5.74) is 1.29. The number of ether oxygens (including phenoxy) is 4. The van der Waals surface area contributed by atoms with Crippen LogP contribution < -0.4 is 14.2 Å². The number of fused-ring (bicyclic) bond motifs is 1. The SMILES string of the molecule is COc1cc(O[C@@H]2O[C@H](CO)[C@@H](O)[C@H](O)[C@H]2O)cc2c1C(=Cc1ccc(O)cc1)C(=O)O2. The van der Waals surface area contributed by atoms with Gasteiger partial charge >= 0.3 is 5.97 Å². The number of hydrogen-bond acceptors (Lipinski definition) is 10. The molecule has 0 unspecified atom stereocenters. The number of phenols is 1. The lowest BCUT2D eigenvalue weighted by molar-refractivity contribution is -0.277. The molecule has 0 bridgehead atoms. The maximum Gasteiger partial charge on any atom is 0.344 e. The molecule has 5 N–H and O–H groups in total. The Hall–Kier alpha value is -3.15. The molecule has 1 fully saturated rings. The van der Waals surface area contributed by atoms with Gasteiger partial charge in [-0.25, -0.2) is 4.79 Å². The van der Waals surface area contributed by atoms with Crippen LogP contribution in [0.15, 0.2) is 36.4 Å². The Labute approximate surface area is 182 Å². The molecule has 10 heteroatoms. The van der Waals surface area contributed by atoms with Gasteiger partial charge in [0.15, 0.2) is 0 Å². The first-order valence-corrected chi connectivity index (χ1v) is 9.75. The second-order valence-corrected chi connectivity index (χ2v) is 7.35. The Morgan fingerprint density at radius 1 is 1.06 bits per heavy atom. The van der Waals surface area contributed by atoms with E-state index >= 15 is 0 Å². The van der Waals surface area contributed by atoms with Crippen molar-refractivity contribution in [1.82, 2.24) is 0 Å². The highest BCUT2D eigenvalue weighted by Crippen LogP contribution is 2.45. The number of rotatable bonds is 5. The number of benzene rings is 2. The van der Waals surface area contributed by atoms with Gasteiger partial charge in [-0.1, -0.05) is 12.1 Å². The van der Waals surface area contributed by atoms with Crippen LogP contribution in [0.25, 0.3) is 11.6 Å². The maximum absolute atomic E-state index is 12.5. The maximum atomic E-state index is 12.5. The van der Waals surface area contributed by atoms with E-state index in [9.17, 15) is 30.3 Å². The third-order valence-corrected chi connectivity index (χ3v) is 5.26. The number of phenolic OH excluding ortho intramolecular Hbond substituents is 1. The molecule has 2 aliphatic rings. The highest BCUT2D eigenvalue weighted by Gasteiger charge is 2.45. The van der Waals surface area contributed by atoms with E-state index in [0.29, 0.717) is 11.1 Å². The highest BCUT2D eigenvalue weighted by atomic mass is 16.7. The number of carbonyl (C=O) groups is 1. The van der Waals surface area contributed by atoms with Gasteiger partial charge in [0, 0.05) is 12.1 Å². The number of aliphatic hydroxyl groups excluding tert-OH is 4. The monoisotopic (exact) mass is 446 g/mol. The lowest BCUT2D eigenvalue weighted by Gasteiger charge is -2.39. The van der Waals surface area contributed by atoms with E-state index in [4.69, 9.17) is 18.9 Å². The predicted octanol–water partition coefficient (Wildman–Crippen LogP) is 0.0391. The first-order valence-electron chi connectivity index (χ1n) is 9.75. The highest BCUT2D eigenvalue weighted by molar-refractivity contribution is 6.26. The third-order valence-electron chi connectivity index (χ3n) is 5.26. The first-order chi connectivity index (χ1) is 15.3. The Morgan fingerprint density at radius 2 is 1.78 bits per heavy atom. The fraction of sp³-hybridized carbons (Fsp3) is 0.318. The number of hydrogen-bond donors (Lipinski definition) is 5. The van der Waals surface area contributed by atoms with Gasteiger partial charge in [0.2, 0.25) is 6.29 Å². The summed E-state index contributed by atoms with van der Waals surface area (Å²) in [6.07, 6.45) is -5.66. The second kappa shape index (κ2) is 8.77. The van der Waals surface area contributed by atoms with E-state index in [0.717, 1.165) is 0 Å². The van der Waals surface area contributed by atoms with Crippen LogP contribution in [0.2, 0.25) is 0 Å². The number of esters is 1. The summed E-state index contributed by atoms with van der Waals surface area (Å²) in [6, 6.07) is 9.10. The summed E-state index contributed by atoms with van der Waals surface area (Å²) in [5, 5.41) is 48.8. The molecule has 5 atom stereocenters. The molecule has 0 aromatic heterocycles. The van der Waals surface area contributed by atoms with Crippen molar-refractivity contribution in [3.05, 3.63) is 47.5 Å². The molecule has 0 amide bonds. The van der Waals surface area contributed by atoms with E-state index < -0.39 is 43.3 Å². The molecule has 10 nitrogen and oxygen atoms in total. The summed E-state index contributed by atoms with van der Waals surface area (Å²) in [6.45, 7) is -0.596. The molecule has 32 heavy (non-hydrogen) atoms. The molecule has 2 aliphatic heterocycles. The molecule has 2 aromatic rings. The van der Waals surface area contributed by atoms with Crippen LogP contribution in [-0.2, 0) is 9.53 Å². The molecule has 2 aromatic carbocycles. The van der Waals surface area contributed by atoms with Gasteiger partial charge in [0.05, 0.1) is 24.9 Å². The van der Waals surface area contributed by atoms with Gasteiger partial charge in [-0.05, 0) is 23.8 Å². The van der Waals surface area contributed by atoms with Crippen molar-refractivity contribution in [3.63, 3.8) is 0 Å². The molecule has 0 radical (unpaired) electrons. The van der Waals surface area contributed by atoms with Crippen LogP contribution in [0, 0.1) is 0 Å². The van der Waals surface area contributed by atoms with E-state index in [1.807, 2.05) is 0 Å². The van der Waals surface area contributed by atoms with E-state index in [-0.39, 0.29) is 28.6 Å². The Kier molecular flexibility index (Phi) is 6.04.